The van der Waals surface area contributed by atoms with Crippen molar-refractivity contribution in [1.29, 1.82) is 0 Å². The number of ether oxygens (including phenoxy) is 1. The summed E-state index contributed by atoms with van der Waals surface area (Å²) in [5.74, 6) is 0.825. The second-order valence-corrected chi connectivity index (χ2v) is 2.92. The van der Waals surface area contributed by atoms with Gasteiger partial charge >= 0.3 is 6.09 Å². The summed E-state index contributed by atoms with van der Waals surface area (Å²) >= 11 is 0. The van der Waals surface area contributed by atoms with E-state index in [9.17, 15) is 4.79 Å². The molecule has 0 rings (SSSR count). The molecule has 5 nitrogen and oxygen atoms in total. The van der Waals surface area contributed by atoms with Crippen molar-refractivity contribution >= 4 is 12.0 Å². The van der Waals surface area contributed by atoms with Gasteiger partial charge in [-0.05, 0) is 11.1 Å². The summed E-state index contributed by atoms with van der Waals surface area (Å²) < 4.78 is 4.90. The number of nitrogens with one attached hydrogen (secondary N) is 1. The van der Waals surface area contributed by atoms with Gasteiger partial charge in [-0.1, -0.05) is 13.8 Å². The highest BCUT2D eigenvalue weighted by molar-refractivity contribution is 5.77. The van der Waals surface area contributed by atoms with Gasteiger partial charge in [0.2, 0.25) is 5.90 Å². The van der Waals surface area contributed by atoms with Crippen molar-refractivity contribution < 1.29 is 14.4 Å². The molecule has 0 aliphatic carbocycles. The molecule has 0 saturated carbocycles. The van der Waals surface area contributed by atoms with Crippen LogP contribution in [0, 0.1) is 5.92 Å². The molecule has 76 valence electrons. The van der Waals surface area contributed by atoms with Crippen molar-refractivity contribution in [3.63, 3.8) is 0 Å². The minimum absolute atomic E-state index is 0.409. The van der Waals surface area contributed by atoms with Crippen LogP contribution in [-0.2, 0) is 9.57 Å². The zero-order valence-electron chi connectivity index (χ0n) is 8.46. The normalized spacial score (nSPS) is 11.3. The summed E-state index contributed by atoms with van der Waals surface area (Å²) in [7, 11) is 2.96. The maximum Gasteiger partial charge on any atom is 0.433 e. The minimum atomic E-state index is -0.599. The molecule has 1 amide bonds. The first-order chi connectivity index (χ1) is 6.10. The van der Waals surface area contributed by atoms with E-state index < -0.39 is 6.09 Å². The molecule has 0 aromatic rings. The lowest BCUT2D eigenvalue weighted by Crippen LogP contribution is -2.18. The average Bonchev–Trinajstić information content (AvgIpc) is 2.10. The number of hydrogen-bond donors (Lipinski definition) is 1. The molecule has 13 heavy (non-hydrogen) atoms. The Morgan fingerprint density at radius 2 is 2.15 bits per heavy atom. The Balaban J connectivity index is 3.99. The number of amides is 1. The van der Waals surface area contributed by atoms with Gasteiger partial charge in [-0.15, -0.1) is 0 Å². The lowest BCUT2D eigenvalue weighted by Gasteiger charge is -2.05. The fraction of sp³-hybridized carbons (Fsp3) is 0.750. The van der Waals surface area contributed by atoms with Gasteiger partial charge in [-0.3, -0.25) is 4.84 Å². The van der Waals surface area contributed by atoms with E-state index in [0.29, 0.717) is 18.2 Å². The first kappa shape index (κ1) is 11.7. The van der Waals surface area contributed by atoms with Gasteiger partial charge in [0.25, 0.3) is 0 Å². The topological polar surface area (TPSA) is 59.9 Å². The third-order valence-corrected chi connectivity index (χ3v) is 1.25. The van der Waals surface area contributed by atoms with Crippen LogP contribution in [0.5, 0.6) is 0 Å². The molecule has 0 fully saturated rings. The number of nitrogens with zero attached hydrogens (tertiary/aromatic N) is 1. The highest BCUT2D eigenvalue weighted by Gasteiger charge is 2.04. The van der Waals surface area contributed by atoms with Crippen molar-refractivity contribution in [2.24, 2.45) is 11.1 Å². The number of oxime groups is 1. The van der Waals surface area contributed by atoms with Crippen LogP contribution in [0.4, 0.5) is 4.79 Å². The Labute approximate surface area is 78.1 Å². The summed E-state index contributed by atoms with van der Waals surface area (Å²) in [6.07, 6.45) is 0.0475. The molecule has 0 aromatic heterocycles. The summed E-state index contributed by atoms with van der Waals surface area (Å²) in [6, 6.07) is 0. The van der Waals surface area contributed by atoms with Crippen molar-refractivity contribution in [3.05, 3.63) is 0 Å². The maximum atomic E-state index is 10.6. The molecule has 0 spiro atoms. The lowest BCUT2D eigenvalue weighted by atomic mass is 10.1. The first-order valence-corrected chi connectivity index (χ1v) is 4.09. The molecule has 0 aliphatic heterocycles. The summed E-state index contributed by atoms with van der Waals surface area (Å²) in [4.78, 5) is 15.1. The van der Waals surface area contributed by atoms with Gasteiger partial charge < -0.3 is 10.1 Å². The zero-order chi connectivity index (χ0) is 10.3. The highest BCUT2D eigenvalue weighted by Crippen LogP contribution is 2.02. The summed E-state index contributed by atoms with van der Waals surface area (Å²) in [5, 5.41) is 5.81. The quantitative estimate of drug-likeness (QED) is 0.315. The minimum Gasteiger partial charge on any atom is -0.482 e. The van der Waals surface area contributed by atoms with E-state index >= 15 is 0 Å². The van der Waals surface area contributed by atoms with Gasteiger partial charge in [0.15, 0.2) is 0 Å². The Bertz CT molecular complexity index is 190. The van der Waals surface area contributed by atoms with Crippen molar-refractivity contribution in [3.8, 4) is 0 Å². The van der Waals surface area contributed by atoms with E-state index in [1.807, 2.05) is 13.8 Å². The Hall–Kier alpha value is -1.26. The second-order valence-electron chi connectivity index (χ2n) is 2.92. The van der Waals surface area contributed by atoms with Crippen molar-refractivity contribution in [1.82, 2.24) is 5.32 Å². The van der Waals surface area contributed by atoms with Gasteiger partial charge in [-0.25, -0.2) is 4.79 Å². The molecule has 0 bridgehead atoms. The van der Waals surface area contributed by atoms with Crippen LogP contribution in [0.3, 0.4) is 0 Å². The van der Waals surface area contributed by atoms with E-state index in [2.05, 4.69) is 15.3 Å². The van der Waals surface area contributed by atoms with Crippen LogP contribution in [0.2, 0.25) is 0 Å². The zero-order valence-corrected chi connectivity index (χ0v) is 8.46. The lowest BCUT2D eigenvalue weighted by molar-refractivity contribution is 0.147. The fourth-order valence-electron chi connectivity index (χ4n) is 0.645. The predicted octanol–water partition coefficient (Wildman–Crippen LogP) is 1.35. The molecule has 0 heterocycles. The Morgan fingerprint density at radius 1 is 1.54 bits per heavy atom. The summed E-state index contributed by atoms with van der Waals surface area (Å²) in [5.41, 5.74) is 0. The molecule has 0 radical (unpaired) electrons. The number of carbonyl (C=O) groups is 1. The highest BCUT2D eigenvalue weighted by atomic mass is 16.7. The molecule has 0 aliphatic rings. The van der Waals surface area contributed by atoms with E-state index in [1.165, 1.54) is 14.2 Å². The standard InChI is InChI=1S/C8H16N2O3/c1-6(2)5-7(12-4)10-13-8(11)9-3/h6H,5H2,1-4H3,(H,9,11). The number of rotatable bonds is 3. The third kappa shape index (κ3) is 5.95. The third-order valence-electron chi connectivity index (χ3n) is 1.25. The van der Waals surface area contributed by atoms with Crippen LogP contribution in [0.1, 0.15) is 20.3 Å². The van der Waals surface area contributed by atoms with E-state index in [1.54, 1.807) is 0 Å². The van der Waals surface area contributed by atoms with Gasteiger partial charge in [0.1, 0.15) is 0 Å². The van der Waals surface area contributed by atoms with Gasteiger partial charge in [0.05, 0.1) is 7.11 Å². The molecule has 0 aromatic carbocycles. The maximum absolute atomic E-state index is 10.6. The SMILES string of the molecule is CNC(=O)ON=C(CC(C)C)OC. The van der Waals surface area contributed by atoms with Crippen LogP contribution >= 0.6 is 0 Å². The van der Waals surface area contributed by atoms with Crippen LogP contribution in [0.25, 0.3) is 0 Å². The van der Waals surface area contributed by atoms with Crippen LogP contribution < -0.4 is 5.32 Å². The van der Waals surface area contributed by atoms with E-state index in [4.69, 9.17) is 4.74 Å². The molecular formula is C8H16N2O3. The Morgan fingerprint density at radius 3 is 2.54 bits per heavy atom. The smallest absolute Gasteiger partial charge is 0.433 e. The number of methoxy groups -OCH3 is 1. The molecule has 0 saturated heterocycles. The molecule has 5 heteroatoms. The second kappa shape index (κ2) is 6.28. The first-order valence-electron chi connectivity index (χ1n) is 4.09. The van der Waals surface area contributed by atoms with E-state index in [-0.39, 0.29) is 0 Å². The van der Waals surface area contributed by atoms with Crippen molar-refractivity contribution in [2.75, 3.05) is 14.2 Å². The molecule has 0 unspecified atom stereocenters. The fourth-order valence-corrected chi connectivity index (χ4v) is 0.645. The molecule has 1 N–H and O–H groups in total. The predicted molar refractivity (Wildman–Crippen MR) is 49.4 cm³/mol. The molecule has 0 atom stereocenters. The van der Waals surface area contributed by atoms with Crippen LogP contribution in [-0.4, -0.2) is 26.1 Å². The van der Waals surface area contributed by atoms with Gasteiger partial charge in [-0.2, -0.15) is 0 Å². The number of carbonyl (C=O) groups excluding carboxylic acids is 1. The monoisotopic (exact) mass is 188 g/mol. The summed E-state index contributed by atoms with van der Waals surface area (Å²) in [6.45, 7) is 4.04. The van der Waals surface area contributed by atoms with Crippen LogP contribution in [0.15, 0.2) is 5.16 Å². The Kier molecular flexibility index (Phi) is 5.67. The van der Waals surface area contributed by atoms with Gasteiger partial charge in [0, 0.05) is 13.5 Å². The largest absolute Gasteiger partial charge is 0.482 e. The van der Waals surface area contributed by atoms with Crippen molar-refractivity contribution in [2.45, 2.75) is 20.3 Å². The average molecular weight is 188 g/mol. The number of hydrogen-bond acceptors (Lipinski definition) is 4. The molecular weight excluding hydrogens is 172 g/mol. The van der Waals surface area contributed by atoms with E-state index in [0.717, 1.165) is 0 Å².